The van der Waals surface area contributed by atoms with Crippen molar-refractivity contribution < 1.29 is 14.3 Å². The number of ether oxygens (including phenoxy) is 1. The Hall–Kier alpha value is -2.24. The van der Waals surface area contributed by atoms with E-state index in [2.05, 4.69) is 16.3 Å². The van der Waals surface area contributed by atoms with Crippen molar-refractivity contribution in [3.05, 3.63) is 24.3 Å². The molecule has 2 aliphatic rings. The summed E-state index contributed by atoms with van der Waals surface area (Å²) in [6.45, 7) is 6.02. The molecule has 2 amide bonds. The fraction of sp³-hybridized carbons (Fsp3) is 0.529. The molecule has 2 aliphatic heterocycles. The molecule has 1 aromatic rings. The van der Waals surface area contributed by atoms with E-state index >= 15 is 0 Å². The van der Waals surface area contributed by atoms with E-state index < -0.39 is 0 Å². The van der Waals surface area contributed by atoms with Crippen LogP contribution in [-0.2, 0) is 9.59 Å². The van der Waals surface area contributed by atoms with Crippen LogP contribution in [0.3, 0.4) is 0 Å². The summed E-state index contributed by atoms with van der Waals surface area (Å²) in [6, 6.07) is 8.01. The Labute approximate surface area is 136 Å². The number of para-hydroxylation sites is 2. The molecule has 6 heteroatoms. The van der Waals surface area contributed by atoms with Crippen molar-refractivity contribution in [1.82, 2.24) is 10.2 Å². The van der Waals surface area contributed by atoms with Gasteiger partial charge in [-0.1, -0.05) is 12.1 Å². The SMILES string of the molecule is CCOc1ccccc1N1CCN(C(=O)C2CNC(=O)C2)CC1. The fourth-order valence-corrected chi connectivity index (χ4v) is 3.20. The van der Waals surface area contributed by atoms with Crippen LogP contribution < -0.4 is 15.0 Å². The maximum Gasteiger partial charge on any atom is 0.228 e. The molecule has 0 aliphatic carbocycles. The van der Waals surface area contributed by atoms with Crippen molar-refractivity contribution in [3.63, 3.8) is 0 Å². The van der Waals surface area contributed by atoms with E-state index in [0.29, 0.717) is 32.7 Å². The van der Waals surface area contributed by atoms with E-state index in [9.17, 15) is 9.59 Å². The molecule has 2 fully saturated rings. The van der Waals surface area contributed by atoms with E-state index in [-0.39, 0.29) is 17.7 Å². The second-order valence-corrected chi connectivity index (χ2v) is 5.92. The molecule has 2 saturated heterocycles. The summed E-state index contributed by atoms with van der Waals surface area (Å²) in [5.41, 5.74) is 1.08. The van der Waals surface area contributed by atoms with Gasteiger partial charge in [-0.2, -0.15) is 0 Å². The zero-order valence-corrected chi connectivity index (χ0v) is 13.5. The highest BCUT2D eigenvalue weighted by molar-refractivity contribution is 5.89. The molecule has 1 aromatic carbocycles. The van der Waals surface area contributed by atoms with Crippen LogP contribution in [0.25, 0.3) is 0 Å². The van der Waals surface area contributed by atoms with Gasteiger partial charge in [0.1, 0.15) is 5.75 Å². The summed E-state index contributed by atoms with van der Waals surface area (Å²) in [5, 5.41) is 2.73. The Morgan fingerprint density at radius 3 is 2.65 bits per heavy atom. The number of anilines is 1. The lowest BCUT2D eigenvalue weighted by Crippen LogP contribution is -2.50. The maximum atomic E-state index is 12.4. The third-order valence-corrected chi connectivity index (χ3v) is 4.42. The number of nitrogens with one attached hydrogen (secondary N) is 1. The monoisotopic (exact) mass is 317 g/mol. The van der Waals surface area contributed by atoms with Crippen LogP contribution in [0.15, 0.2) is 24.3 Å². The lowest BCUT2D eigenvalue weighted by Gasteiger charge is -2.37. The van der Waals surface area contributed by atoms with Crippen LogP contribution in [0.2, 0.25) is 0 Å². The summed E-state index contributed by atoms with van der Waals surface area (Å²) in [4.78, 5) is 27.9. The number of carbonyl (C=O) groups excluding carboxylic acids is 2. The van der Waals surface area contributed by atoms with E-state index in [1.165, 1.54) is 0 Å². The molecule has 0 radical (unpaired) electrons. The first-order valence-corrected chi connectivity index (χ1v) is 8.21. The molecular formula is C17H23N3O3. The van der Waals surface area contributed by atoms with Crippen molar-refractivity contribution in [2.24, 2.45) is 5.92 Å². The highest BCUT2D eigenvalue weighted by atomic mass is 16.5. The summed E-state index contributed by atoms with van der Waals surface area (Å²) in [6.07, 6.45) is 0.326. The van der Waals surface area contributed by atoms with Crippen LogP contribution >= 0.6 is 0 Å². The summed E-state index contributed by atoms with van der Waals surface area (Å²) < 4.78 is 5.69. The van der Waals surface area contributed by atoms with Gasteiger partial charge in [-0.05, 0) is 19.1 Å². The standard InChI is InChI=1S/C17H23N3O3/c1-2-23-15-6-4-3-5-14(15)19-7-9-20(10-8-19)17(22)13-11-16(21)18-12-13/h3-6,13H,2,7-12H2,1H3,(H,18,21). The zero-order chi connectivity index (χ0) is 16.2. The summed E-state index contributed by atoms with van der Waals surface area (Å²) in [7, 11) is 0. The Morgan fingerprint density at radius 1 is 1.26 bits per heavy atom. The van der Waals surface area contributed by atoms with Gasteiger partial charge in [0.15, 0.2) is 0 Å². The van der Waals surface area contributed by atoms with Crippen LogP contribution in [0.4, 0.5) is 5.69 Å². The second kappa shape index (κ2) is 6.89. The molecule has 6 nitrogen and oxygen atoms in total. The van der Waals surface area contributed by atoms with Gasteiger partial charge < -0.3 is 19.9 Å². The molecule has 124 valence electrons. The number of hydrogen-bond donors (Lipinski definition) is 1. The minimum absolute atomic E-state index is 0.0207. The average molecular weight is 317 g/mol. The number of nitrogens with zero attached hydrogens (tertiary/aromatic N) is 2. The first-order valence-electron chi connectivity index (χ1n) is 8.21. The molecule has 2 heterocycles. The van der Waals surface area contributed by atoms with Crippen molar-refractivity contribution >= 4 is 17.5 Å². The first kappa shape index (κ1) is 15.6. The molecule has 0 saturated carbocycles. The lowest BCUT2D eigenvalue weighted by atomic mass is 10.1. The van der Waals surface area contributed by atoms with E-state index in [1.807, 2.05) is 30.0 Å². The molecule has 0 aromatic heterocycles. The predicted molar refractivity (Wildman–Crippen MR) is 87.5 cm³/mol. The third kappa shape index (κ3) is 3.41. The highest BCUT2D eigenvalue weighted by Crippen LogP contribution is 2.29. The van der Waals surface area contributed by atoms with Gasteiger partial charge in [0.2, 0.25) is 11.8 Å². The number of benzene rings is 1. The van der Waals surface area contributed by atoms with Gasteiger partial charge in [0, 0.05) is 39.1 Å². The quantitative estimate of drug-likeness (QED) is 0.895. The molecule has 1 atom stereocenters. The molecule has 3 rings (SSSR count). The third-order valence-electron chi connectivity index (χ3n) is 4.42. The Morgan fingerprint density at radius 2 is 2.00 bits per heavy atom. The van der Waals surface area contributed by atoms with Crippen molar-refractivity contribution in [2.75, 3.05) is 44.2 Å². The van der Waals surface area contributed by atoms with Crippen molar-refractivity contribution in [3.8, 4) is 5.75 Å². The maximum absolute atomic E-state index is 12.4. The van der Waals surface area contributed by atoms with Gasteiger partial charge in [-0.15, -0.1) is 0 Å². The van der Waals surface area contributed by atoms with Gasteiger partial charge >= 0.3 is 0 Å². The molecule has 0 spiro atoms. The first-order chi connectivity index (χ1) is 11.2. The van der Waals surface area contributed by atoms with E-state index in [4.69, 9.17) is 4.74 Å². The fourth-order valence-electron chi connectivity index (χ4n) is 3.20. The van der Waals surface area contributed by atoms with Gasteiger partial charge in [-0.3, -0.25) is 9.59 Å². The van der Waals surface area contributed by atoms with E-state index in [1.54, 1.807) is 0 Å². The zero-order valence-electron chi connectivity index (χ0n) is 13.5. The summed E-state index contributed by atoms with van der Waals surface area (Å²) in [5.74, 6) is 0.777. The topological polar surface area (TPSA) is 61.9 Å². The van der Waals surface area contributed by atoms with Crippen LogP contribution in [0, 0.1) is 5.92 Å². The number of carbonyl (C=O) groups is 2. The van der Waals surface area contributed by atoms with Gasteiger partial charge in [0.25, 0.3) is 0 Å². The normalized spacial score (nSPS) is 21.3. The van der Waals surface area contributed by atoms with Crippen LogP contribution in [0.5, 0.6) is 5.75 Å². The Balaban J connectivity index is 1.60. The van der Waals surface area contributed by atoms with E-state index in [0.717, 1.165) is 24.5 Å². The van der Waals surface area contributed by atoms with Crippen molar-refractivity contribution in [1.29, 1.82) is 0 Å². The number of hydrogen-bond acceptors (Lipinski definition) is 4. The average Bonchev–Trinajstić information content (AvgIpc) is 3.02. The second-order valence-electron chi connectivity index (χ2n) is 5.92. The number of amides is 2. The predicted octanol–water partition coefficient (Wildman–Crippen LogP) is 0.870. The van der Waals surface area contributed by atoms with Crippen molar-refractivity contribution in [2.45, 2.75) is 13.3 Å². The van der Waals surface area contributed by atoms with Crippen LogP contribution in [0.1, 0.15) is 13.3 Å². The van der Waals surface area contributed by atoms with Crippen LogP contribution in [-0.4, -0.2) is 56.0 Å². The van der Waals surface area contributed by atoms with Gasteiger partial charge in [-0.25, -0.2) is 0 Å². The number of rotatable bonds is 4. The van der Waals surface area contributed by atoms with Gasteiger partial charge in [0.05, 0.1) is 18.2 Å². The summed E-state index contributed by atoms with van der Waals surface area (Å²) >= 11 is 0. The lowest BCUT2D eigenvalue weighted by molar-refractivity contribution is -0.136. The number of piperazine rings is 1. The molecule has 1 N–H and O–H groups in total. The minimum Gasteiger partial charge on any atom is -0.492 e. The highest BCUT2D eigenvalue weighted by Gasteiger charge is 2.33. The smallest absolute Gasteiger partial charge is 0.228 e. The molecule has 23 heavy (non-hydrogen) atoms. The minimum atomic E-state index is -0.190. The Bertz CT molecular complexity index is 582. The molecular weight excluding hydrogens is 294 g/mol. The molecule has 0 bridgehead atoms. The largest absolute Gasteiger partial charge is 0.492 e. The Kier molecular flexibility index (Phi) is 4.69. The molecule has 1 unspecified atom stereocenters.